The van der Waals surface area contributed by atoms with Crippen LogP contribution in [0.25, 0.3) is 10.2 Å². The lowest BCUT2D eigenvalue weighted by atomic mass is 10.1. The Bertz CT molecular complexity index is 1000. The van der Waals surface area contributed by atoms with Gasteiger partial charge in [-0.25, -0.2) is 4.79 Å². The minimum Gasteiger partial charge on any atom is -0.380 e. The van der Waals surface area contributed by atoms with Gasteiger partial charge in [-0.2, -0.15) is 13.2 Å². The molecule has 30 heavy (non-hydrogen) atoms. The Balaban J connectivity index is 2.60. The zero-order valence-corrected chi connectivity index (χ0v) is 18.9. The minimum atomic E-state index is -4.42. The van der Waals surface area contributed by atoms with E-state index in [1.54, 1.807) is 13.8 Å². The van der Waals surface area contributed by atoms with E-state index in [1.165, 1.54) is 7.11 Å². The quantitative estimate of drug-likeness (QED) is 0.605. The summed E-state index contributed by atoms with van der Waals surface area (Å²) in [7, 11) is 1.44. The molecule has 0 aliphatic carbocycles. The second-order valence-electron chi connectivity index (χ2n) is 8.32. The van der Waals surface area contributed by atoms with Crippen molar-refractivity contribution in [3.63, 3.8) is 0 Å². The molecule has 7 nitrogen and oxygen atoms in total. The molecule has 0 aliphatic heterocycles. The van der Waals surface area contributed by atoms with Crippen molar-refractivity contribution in [1.82, 2.24) is 20.0 Å². The maximum absolute atomic E-state index is 13.1. The average Bonchev–Trinajstić information content (AvgIpc) is 2.93. The Morgan fingerprint density at radius 2 is 1.80 bits per heavy atom. The van der Waals surface area contributed by atoms with Gasteiger partial charge in [0.2, 0.25) is 0 Å². The van der Waals surface area contributed by atoms with Crippen LogP contribution in [0.4, 0.5) is 13.2 Å². The van der Waals surface area contributed by atoms with Crippen molar-refractivity contribution >= 4 is 21.6 Å². The number of alkyl halides is 3. The van der Waals surface area contributed by atoms with Gasteiger partial charge in [0.05, 0.1) is 24.5 Å². The average molecular weight is 451 g/mol. The molecule has 1 atom stereocenters. The number of hydrogen-bond acceptors (Lipinski definition) is 6. The highest BCUT2D eigenvalue weighted by molar-refractivity contribution is 7.18. The number of fused-ring (bicyclic) bond motifs is 1. The Kier molecular flexibility index (Phi) is 7.54. The SMILES string of the molecule is COC(C)Cn1c(=O)c2c(C)c(CNNC(C)(C)C)sc2n(CCC(F)(F)F)c1=O. The molecule has 0 radical (unpaired) electrons. The largest absolute Gasteiger partial charge is 0.390 e. The molecule has 2 aromatic heterocycles. The normalized spacial score (nSPS) is 13.9. The van der Waals surface area contributed by atoms with Crippen LogP contribution in [-0.2, 0) is 24.4 Å². The fourth-order valence-electron chi connectivity index (χ4n) is 2.93. The Hall–Kier alpha value is -1.69. The first-order valence-corrected chi connectivity index (χ1v) is 10.4. The summed E-state index contributed by atoms with van der Waals surface area (Å²) in [6, 6.07) is 0. The van der Waals surface area contributed by atoms with E-state index in [1.807, 2.05) is 20.8 Å². The molecule has 0 fully saturated rings. The summed E-state index contributed by atoms with van der Waals surface area (Å²) in [6.07, 6.45) is -6.02. The third-order valence-electron chi connectivity index (χ3n) is 4.57. The molecule has 11 heteroatoms. The van der Waals surface area contributed by atoms with E-state index in [0.29, 0.717) is 12.1 Å². The molecule has 0 amide bonds. The molecule has 0 spiro atoms. The topological polar surface area (TPSA) is 77.3 Å². The van der Waals surface area contributed by atoms with Crippen molar-refractivity contribution in [2.24, 2.45) is 0 Å². The van der Waals surface area contributed by atoms with Gasteiger partial charge < -0.3 is 4.74 Å². The number of hydrazine groups is 1. The summed E-state index contributed by atoms with van der Waals surface area (Å²) in [5, 5.41) is 0.276. The van der Waals surface area contributed by atoms with Gasteiger partial charge in [0, 0.05) is 30.6 Å². The predicted molar refractivity (Wildman–Crippen MR) is 112 cm³/mol. The summed E-state index contributed by atoms with van der Waals surface area (Å²) in [6.45, 7) is 9.13. The molecule has 170 valence electrons. The third-order valence-corrected chi connectivity index (χ3v) is 5.88. The minimum absolute atomic E-state index is 0.0371. The Morgan fingerprint density at radius 3 is 2.33 bits per heavy atom. The first kappa shape index (κ1) is 24.6. The predicted octanol–water partition coefficient (Wildman–Crippen LogP) is 2.91. The van der Waals surface area contributed by atoms with Crippen LogP contribution in [0, 0.1) is 6.92 Å². The molecule has 0 saturated heterocycles. The molecule has 0 bridgehead atoms. The number of aromatic nitrogens is 2. The number of hydrogen-bond donors (Lipinski definition) is 2. The van der Waals surface area contributed by atoms with Crippen LogP contribution in [0.1, 0.15) is 44.6 Å². The van der Waals surface area contributed by atoms with Crippen LogP contribution in [0.2, 0.25) is 0 Å². The molecular weight excluding hydrogens is 421 g/mol. The fraction of sp³-hybridized carbons (Fsp3) is 0.684. The lowest BCUT2D eigenvalue weighted by Crippen LogP contribution is -2.45. The number of halogens is 3. The van der Waals surface area contributed by atoms with Gasteiger partial charge in [-0.05, 0) is 40.2 Å². The van der Waals surface area contributed by atoms with Crippen molar-refractivity contribution in [2.75, 3.05) is 7.11 Å². The van der Waals surface area contributed by atoms with E-state index in [9.17, 15) is 22.8 Å². The summed E-state index contributed by atoms with van der Waals surface area (Å²) < 4.78 is 45.8. The van der Waals surface area contributed by atoms with Crippen molar-refractivity contribution in [3.8, 4) is 0 Å². The molecule has 2 rings (SSSR count). The van der Waals surface area contributed by atoms with Gasteiger partial charge in [0.25, 0.3) is 5.56 Å². The van der Waals surface area contributed by atoms with E-state index in [0.717, 1.165) is 25.3 Å². The van der Waals surface area contributed by atoms with Crippen molar-refractivity contribution in [3.05, 3.63) is 31.3 Å². The Morgan fingerprint density at radius 1 is 1.17 bits per heavy atom. The summed E-state index contributed by atoms with van der Waals surface area (Å²) in [4.78, 5) is 27.0. The number of nitrogens with one attached hydrogen (secondary N) is 2. The first-order chi connectivity index (χ1) is 13.7. The monoisotopic (exact) mass is 450 g/mol. The molecular formula is C19H29F3N4O3S. The lowest BCUT2D eigenvalue weighted by molar-refractivity contribution is -0.136. The van der Waals surface area contributed by atoms with E-state index in [2.05, 4.69) is 10.9 Å². The highest BCUT2D eigenvalue weighted by Crippen LogP contribution is 2.29. The van der Waals surface area contributed by atoms with Crippen molar-refractivity contribution in [1.29, 1.82) is 0 Å². The number of ether oxygens (including phenoxy) is 1. The van der Waals surface area contributed by atoms with Crippen LogP contribution in [0.5, 0.6) is 0 Å². The third kappa shape index (κ3) is 5.93. The zero-order valence-electron chi connectivity index (χ0n) is 18.1. The molecule has 1 unspecified atom stereocenters. The van der Waals surface area contributed by atoms with E-state index in [4.69, 9.17) is 4.74 Å². The van der Waals surface area contributed by atoms with Gasteiger partial charge >= 0.3 is 11.9 Å². The van der Waals surface area contributed by atoms with E-state index >= 15 is 0 Å². The highest BCUT2D eigenvalue weighted by Gasteiger charge is 2.29. The van der Waals surface area contributed by atoms with Gasteiger partial charge in [-0.15, -0.1) is 11.3 Å². The van der Waals surface area contributed by atoms with Gasteiger partial charge in [0.15, 0.2) is 0 Å². The molecule has 2 N–H and O–H groups in total. The number of nitrogens with zero attached hydrogens (tertiary/aromatic N) is 2. The van der Waals surface area contributed by atoms with Crippen LogP contribution >= 0.6 is 11.3 Å². The summed E-state index contributed by atoms with van der Waals surface area (Å²) in [5.41, 5.74) is 5.39. The molecule has 2 aromatic rings. The summed E-state index contributed by atoms with van der Waals surface area (Å²) >= 11 is 1.16. The number of methoxy groups -OCH3 is 1. The molecule has 2 heterocycles. The van der Waals surface area contributed by atoms with Crippen LogP contribution in [0.15, 0.2) is 9.59 Å². The maximum atomic E-state index is 13.1. The maximum Gasteiger partial charge on any atom is 0.390 e. The second kappa shape index (κ2) is 9.21. The fourth-order valence-corrected chi connectivity index (χ4v) is 4.18. The standard InChI is InChI=1S/C19H29F3N4O3S/c1-11(29-6)10-26-15(27)14-12(2)13(9-23-24-18(3,4)5)30-16(14)25(17(26)28)8-7-19(20,21)22/h11,23-24H,7-10H2,1-6H3. The highest BCUT2D eigenvalue weighted by atomic mass is 32.1. The van der Waals surface area contributed by atoms with E-state index in [-0.39, 0.29) is 22.3 Å². The second-order valence-corrected chi connectivity index (χ2v) is 9.40. The molecule has 0 saturated carbocycles. The molecule has 0 aliphatic rings. The number of rotatable bonds is 8. The summed E-state index contributed by atoms with van der Waals surface area (Å²) in [5.74, 6) is 0. The van der Waals surface area contributed by atoms with Crippen molar-refractivity contribution in [2.45, 2.75) is 78.5 Å². The number of aryl methyl sites for hydroxylation is 2. The number of thiophene rings is 1. The van der Waals surface area contributed by atoms with Gasteiger partial charge in [0.1, 0.15) is 4.83 Å². The van der Waals surface area contributed by atoms with Crippen LogP contribution in [-0.4, -0.2) is 34.1 Å². The van der Waals surface area contributed by atoms with E-state index < -0.39 is 36.5 Å². The van der Waals surface area contributed by atoms with Crippen molar-refractivity contribution < 1.29 is 17.9 Å². The zero-order chi connectivity index (χ0) is 22.9. The molecule has 0 aromatic carbocycles. The van der Waals surface area contributed by atoms with Crippen LogP contribution < -0.4 is 22.1 Å². The first-order valence-electron chi connectivity index (χ1n) is 9.60. The van der Waals surface area contributed by atoms with Gasteiger partial charge in [-0.1, -0.05) is 0 Å². The Labute approximate surface area is 176 Å². The smallest absolute Gasteiger partial charge is 0.380 e. The lowest BCUT2D eigenvalue weighted by Gasteiger charge is -2.20. The van der Waals surface area contributed by atoms with Crippen LogP contribution in [0.3, 0.4) is 0 Å². The van der Waals surface area contributed by atoms with Gasteiger partial charge in [-0.3, -0.25) is 24.8 Å².